The van der Waals surface area contributed by atoms with Crippen LogP contribution < -0.4 is 0 Å². The van der Waals surface area contributed by atoms with Crippen LogP contribution in [0.5, 0.6) is 0 Å². The van der Waals surface area contributed by atoms with E-state index in [1.807, 2.05) is 42.6 Å². The van der Waals surface area contributed by atoms with Gasteiger partial charge >= 0.3 is 5.97 Å². The number of aliphatic carboxylic acids is 1. The number of nitrogens with zero attached hydrogens (tertiary/aromatic N) is 1. The van der Waals surface area contributed by atoms with Crippen molar-refractivity contribution < 1.29 is 9.90 Å². The van der Waals surface area contributed by atoms with Crippen LogP contribution in [-0.4, -0.2) is 21.0 Å². The molecule has 4 aromatic rings. The van der Waals surface area contributed by atoms with Gasteiger partial charge in [-0.2, -0.15) is 0 Å². The van der Waals surface area contributed by atoms with Crippen LogP contribution in [0.25, 0.3) is 22.2 Å². The third-order valence-electron chi connectivity index (χ3n) is 5.72. The molecule has 1 unspecified atom stereocenters. The molecule has 33 heavy (non-hydrogen) atoms. The zero-order chi connectivity index (χ0) is 23.5. The molecule has 0 fully saturated rings. The van der Waals surface area contributed by atoms with Crippen molar-refractivity contribution in [1.29, 1.82) is 0 Å². The second kappa shape index (κ2) is 10.3. The largest absolute Gasteiger partial charge is 0.481 e. The second-order valence-corrected chi connectivity index (χ2v) is 10.7. The van der Waals surface area contributed by atoms with E-state index in [1.165, 1.54) is 4.88 Å². The molecule has 0 aliphatic heterocycles. The van der Waals surface area contributed by atoms with Crippen molar-refractivity contribution in [2.24, 2.45) is 11.8 Å². The summed E-state index contributed by atoms with van der Waals surface area (Å²) in [6.45, 7) is 4.36. The van der Waals surface area contributed by atoms with Crippen molar-refractivity contribution in [1.82, 2.24) is 9.97 Å². The van der Waals surface area contributed by atoms with Crippen LogP contribution in [0.4, 0.5) is 0 Å². The number of H-pyrrole nitrogens is 1. The fraction of sp³-hybridized carbons (Fsp3) is 0.308. The number of aromatic nitrogens is 2. The summed E-state index contributed by atoms with van der Waals surface area (Å²) in [5.74, 6) is -0.778. The third kappa shape index (κ3) is 5.60. The molecule has 0 aliphatic carbocycles. The summed E-state index contributed by atoms with van der Waals surface area (Å²) in [5, 5.41) is 13.0. The van der Waals surface area contributed by atoms with E-state index in [-0.39, 0.29) is 0 Å². The van der Waals surface area contributed by atoms with E-state index < -0.39 is 11.9 Å². The van der Waals surface area contributed by atoms with E-state index in [9.17, 15) is 9.90 Å². The van der Waals surface area contributed by atoms with Crippen LogP contribution in [0.15, 0.2) is 48.7 Å². The average Bonchev–Trinajstić information content (AvgIpc) is 3.40. The van der Waals surface area contributed by atoms with E-state index in [4.69, 9.17) is 28.2 Å². The molecule has 0 radical (unpaired) electrons. The summed E-state index contributed by atoms with van der Waals surface area (Å²) in [6.07, 6.45) is 4.43. The molecule has 4 nitrogen and oxygen atoms in total. The molecule has 2 heterocycles. The van der Waals surface area contributed by atoms with Crippen molar-refractivity contribution in [2.45, 2.75) is 39.5 Å². The monoisotopic (exact) mass is 500 g/mol. The number of thiazole rings is 1. The number of aromatic amines is 1. The minimum atomic E-state index is -0.776. The molecule has 2 N–H and O–H groups in total. The SMILES string of the molecule is CC(C)Cc1sc(CCC(Cc2cccc3cc[nH]c23)C(=O)O)nc1-c1ccc(Cl)c(Cl)c1. The lowest BCUT2D eigenvalue weighted by molar-refractivity contribution is -0.141. The number of rotatable bonds is 9. The van der Waals surface area contributed by atoms with Crippen molar-refractivity contribution >= 4 is 51.4 Å². The first-order chi connectivity index (χ1) is 15.8. The number of carboxylic acid groups (broad SMARTS) is 1. The first-order valence-electron chi connectivity index (χ1n) is 11.0. The molecule has 0 saturated carbocycles. The minimum absolute atomic E-state index is 0.480. The predicted octanol–water partition coefficient (Wildman–Crippen LogP) is 7.67. The number of carboxylic acids is 1. The molecular formula is C26H26Cl2N2O2S. The van der Waals surface area contributed by atoms with Crippen molar-refractivity contribution in [3.63, 3.8) is 0 Å². The molecule has 2 aromatic carbocycles. The van der Waals surface area contributed by atoms with E-state index in [0.29, 0.717) is 35.2 Å². The van der Waals surface area contributed by atoms with Gasteiger partial charge in [-0.25, -0.2) is 4.98 Å². The maximum Gasteiger partial charge on any atom is 0.306 e. The van der Waals surface area contributed by atoms with Crippen molar-refractivity contribution in [3.8, 4) is 11.3 Å². The molecule has 7 heteroatoms. The fourth-order valence-corrected chi connectivity index (χ4v) is 5.70. The highest BCUT2D eigenvalue weighted by atomic mass is 35.5. The Labute approximate surface area is 207 Å². The van der Waals surface area contributed by atoms with Gasteiger partial charge in [0.25, 0.3) is 0 Å². The van der Waals surface area contributed by atoms with Gasteiger partial charge in [0, 0.05) is 28.6 Å². The highest BCUT2D eigenvalue weighted by Gasteiger charge is 2.22. The number of para-hydroxylation sites is 1. The van der Waals surface area contributed by atoms with Gasteiger partial charge in [-0.3, -0.25) is 4.79 Å². The minimum Gasteiger partial charge on any atom is -0.481 e. The van der Waals surface area contributed by atoms with Crippen molar-refractivity contribution in [2.75, 3.05) is 0 Å². The predicted molar refractivity (Wildman–Crippen MR) is 138 cm³/mol. The number of carbonyl (C=O) groups is 1. The standard InChI is InChI=1S/C26H26Cl2N2O2S/c1-15(2)12-22-25(18-6-8-20(27)21(28)14-18)30-23(33-22)9-7-19(26(31)32)13-17-5-3-4-16-10-11-29-24(16)17/h3-6,8,10-11,14-15,19,29H,7,9,12-13H2,1-2H3,(H,31,32). The summed E-state index contributed by atoms with van der Waals surface area (Å²) >= 11 is 14.0. The van der Waals surface area contributed by atoms with Crippen LogP contribution in [0.1, 0.15) is 35.7 Å². The number of halogens is 2. The summed E-state index contributed by atoms with van der Waals surface area (Å²) in [4.78, 5) is 21.4. The first-order valence-corrected chi connectivity index (χ1v) is 12.6. The van der Waals surface area contributed by atoms with E-state index in [1.54, 1.807) is 17.4 Å². The van der Waals surface area contributed by atoms with Gasteiger partial charge in [0.15, 0.2) is 0 Å². The van der Waals surface area contributed by atoms with Crippen molar-refractivity contribution in [3.05, 3.63) is 74.2 Å². The van der Waals surface area contributed by atoms with Gasteiger partial charge in [0.05, 0.1) is 26.7 Å². The number of hydrogen-bond donors (Lipinski definition) is 2. The van der Waals surface area contributed by atoms with Crippen LogP contribution in [-0.2, 0) is 24.1 Å². The topological polar surface area (TPSA) is 66.0 Å². The van der Waals surface area contributed by atoms with Gasteiger partial charge in [-0.1, -0.05) is 61.3 Å². The van der Waals surface area contributed by atoms with Crippen LogP contribution >= 0.6 is 34.5 Å². The molecule has 0 amide bonds. The van der Waals surface area contributed by atoms with Crippen LogP contribution in [0.3, 0.4) is 0 Å². The lowest BCUT2D eigenvalue weighted by Gasteiger charge is -2.12. The molecule has 0 bridgehead atoms. The Morgan fingerprint density at radius 1 is 1.12 bits per heavy atom. The van der Waals surface area contributed by atoms with E-state index in [2.05, 4.69) is 18.8 Å². The van der Waals surface area contributed by atoms with Gasteiger partial charge in [-0.05, 0) is 54.3 Å². The molecule has 0 saturated heterocycles. The maximum absolute atomic E-state index is 12.1. The first kappa shape index (κ1) is 23.8. The van der Waals surface area contributed by atoms with E-state index in [0.717, 1.165) is 39.2 Å². The molecule has 0 spiro atoms. The molecule has 4 rings (SSSR count). The quantitative estimate of drug-likeness (QED) is 0.247. The normalized spacial score (nSPS) is 12.5. The van der Waals surface area contributed by atoms with Gasteiger partial charge in [0.1, 0.15) is 0 Å². The fourth-order valence-electron chi connectivity index (χ4n) is 4.08. The maximum atomic E-state index is 12.1. The third-order valence-corrected chi connectivity index (χ3v) is 7.60. The molecule has 0 aliphatic rings. The lowest BCUT2D eigenvalue weighted by Crippen LogP contribution is -2.17. The Bertz CT molecular complexity index is 1280. The average molecular weight is 501 g/mol. The molecule has 1 atom stereocenters. The molecule has 172 valence electrons. The second-order valence-electron chi connectivity index (χ2n) is 8.74. The summed E-state index contributed by atoms with van der Waals surface area (Å²) in [5.41, 5.74) is 3.90. The molecule has 2 aromatic heterocycles. The summed E-state index contributed by atoms with van der Waals surface area (Å²) < 4.78 is 0. The van der Waals surface area contributed by atoms with Crippen LogP contribution in [0.2, 0.25) is 10.0 Å². The highest BCUT2D eigenvalue weighted by molar-refractivity contribution is 7.12. The Morgan fingerprint density at radius 2 is 1.94 bits per heavy atom. The van der Waals surface area contributed by atoms with E-state index >= 15 is 0 Å². The van der Waals surface area contributed by atoms with Gasteiger partial charge in [-0.15, -0.1) is 11.3 Å². The number of fused-ring (bicyclic) bond motifs is 1. The summed E-state index contributed by atoms with van der Waals surface area (Å²) in [7, 11) is 0. The molecular weight excluding hydrogens is 475 g/mol. The lowest BCUT2D eigenvalue weighted by atomic mass is 9.94. The number of aryl methyl sites for hydroxylation is 1. The number of hydrogen-bond acceptors (Lipinski definition) is 3. The Balaban J connectivity index is 1.55. The summed E-state index contributed by atoms with van der Waals surface area (Å²) in [6, 6.07) is 13.6. The highest BCUT2D eigenvalue weighted by Crippen LogP contribution is 2.35. The number of nitrogens with one attached hydrogen (secondary N) is 1. The van der Waals surface area contributed by atoms with Gasteiger partial charge < -0.3 is 10.1 Å². The van der Waals surface area contributed by atoms with Crippen LogP contribution in [0, 0.1) is 11.8 Å². The zero-order valence-electron chi connectivity index (χ0n) is 18.6. The van der Waals surface area contributed by atoms with Gasteiger partial charge in [0.2, 0.25) is 0 Å². The Morgan fingerprint density at radius 3 is 2.67 bits per heavy atom. The Kier molecular flexibility index (Phi) is 7.42. The zero-order valence-corrected chi connectivity index (χ0v) is 20.9. The Hall–Kier alpha value is -2.34. The number of benzene rings is 2. The smallest absolute Gasteiger partial charge is 0.306 e.